The molecule has 0 saturated heterocycles. The van der Waals surface area contributed by atoms with Crippen molar-refractivity contribution in [3.63, 3.8) is 0 Å². The van der Waals surface area contributed by atoms with Crippen LogP contribution in [0.1, 0.15) is 44.4 Å². The Morgan fingerprint density at radius 3 is 2.55 bits per heavy atom. The van der Waals surface area contributed by atoms with Crippen LogP contribution >= 0.6 is 11.8 Å². The van der Waals surface area contributed by atoms with Gasteiger partial charge in [0.25, 0.3) is 0 Å². The highest BCUT2D eigenvalue weighted by Gasteiger charge is 2.42. The zero-order valence-corrected chi connectivity index (χ0v) is 23.1. The van der Waals surface area contributed by atoms with Gasteiger partial charge in [-0.2, -0.15) is 0 Å². The van der Waals surface area contributed by atoms with Gasteiger partial charge in [-0.1, -0.05) is 55.9 Å². The molecule has 1 N–H and O–H groups in total. The first-order valence-electron chi connectivity index (χ1n) is 12.5. The maximum atomic E-state index is 13.7. The number of allylic oxidation sites excluding steroid dienone is 1. The number of hydrogen-bond donors (Lipinski definition) is 1. The number of amides is 1. The number of amidine groups is 1. The second kappa shape index (κ2) is 12.2. The summed E-state index contributed by atoms with van der Waals surface area (Å²) >= 11 is 1.43. The number of nitrogens with zero attached hydrogens (tertiary/aromatic N) is 2. The predicted octanol–water partition coefficient (Wildman–Crippen LogP) is 5.18. The van der Waals surface area contributed by atoms with Crippen LogP contribution in [-0.4, -0.2) is 42.7 Å². The van der Waals surface area contributed by atoms with Gasteiger partial charge in [-0.15, -0.1) is 0 Å². The molecule has 2 aromatic carbocycles. The Morgan fingerprint density at radius 1 is 1.11 bits per heavy atom. The Balaban J connectivity index is 1.73. The zero-order chi connectivity index (χ0) is 27.2. The molecular formula is C29H33N3O5S. The largest absolute Gasteiger partial charge is 0.497 e. The van der Waals surface area contributed by atoms with Gasteiger partial charge >= 0.3 is 5.97 Å². The third-order valence-corrected chi connectivity index (χ3v) is 7.10. The Kier molecular flexibility index (Phi) is 8.78. The third kappa shape index (κ3) is 6.05. The number of carbonyl (C=O) groups is 2. The lowest BCUT2D eigenvalue weighted by atomic mass is 9.92. The molecule has 0 bridgehead atoms. The molecule has 0 fully saturated rings. The van der Waals surface area contributed by atoms with Gasteiger partial charge in [0.2, 0.25) is 5.91 Å². The normalized spacial score (nSPS) is 16.6. The van der Waals surface area contributed by atoms with Crippen LogP contribution in [0, 0.1) is 5.92 Å². The highest BCUT2D eigenvalue weighted by Crippen LogP contribution is 2.47. The van der Waals surface area contributed by atoms with Crippen LogP contribution in [0.25, 0.3) is 0 Å². The summed E-state index contributed by atoms with van der Waals surface area (Å²) in [6, 6.07) is 14.4. The number of thioether (sulfide) groups is 1. The maximum Gasteiger partial charge on any atom is 0.338 e. The van der Waals surface area contributed by atoms with Crippen molar-refractivity contribution in [3.05, 3.63) is 82.0 Å². The Bertz CT molecular complexity index is 1290. The molecular weight excluding hydrogens is 502 g/mol. The minimum absolute atomic E-state index is 0.0948. The maximum absolute atomic E-state index is 13.7. The van der Waals surface area contributed by atoms with Gasteiger partial charge < -0.3 is 24.4 Å². The molecule has 38 heavy (non-hydrogen) atoms. The number of esters is 1. The molecule has 2 aliphatic rings. The summed E-state index contributed by atoms with van der Waals surface area (Å²) in [4.78, 5) is 33.1. The summed E-state index contributed by atoms with van der Waals surface area (Å²) < 4.78 is 17.0. The van der Waals surface area contributed by atoms with E-state index in [1.54, 1.807) is 27.2 Å². The number of nitrogens with one attached hydrogen (secondary N) is 1. The minimum Gasteiger partial charge on any atom is -0.497 e. The Labute approximate surface area is 227 Å². The number of benzene rings is 2. The quantitative estimate of drug-likeness (QED) is 0.419. The fourth-order valence-corrected chi connectivity index (χ4v) is 5.29. The van der Waals surface area contributed by atoms with Crippen molar-refractivity contribution < 1.29 is 23.8 Å². The van der Waals surface area contributed by atoms with E-state index in [2.05, 4.69) is 5.32 Å². The Hall–Kier alpha value is -3.72. The molecule has 0 aliphatic carbocycles. The van der Waals surface area contributed by atoms with Crippen molar-refractivity contribution in [1.29, 1.82) is 0 Å². The van der Waals surface area contributed by atoms with Gasteiger partial charge in [0.05, 0.1) is 38.0 Å². The van der Waals surface area contributed by atoms with Crippen LogP contribution in [0.3, 0.4) is 0 Å². The third-order valence-electron chi connectivity index (χ3n) is 6.21. The molecule has 1 amide bonds. The van der Waals surface area contributed by atoms with Crippen LogP contribution < -0.4 is 14.8 Å². The summed E-state index contributed by atoms with van der Waals surface area (Å²) in [6.45, 7) is 6.61. The highest BCUT2D eigenvalue weighted by atomic mass is 32.2. The topological polar surface area (TPSA) is 89.5 Å². The van der Waals surface area contributed by atoms with E-state index in [1.165, 1.54) is 11.8 Å². The van der Waals surface area contributed by atoms with E-state index in [0.717, 1.165) is 11.3 Å². The fraction of sp³-hybridized carbons (Fsp3) is 0.345. The molecule has 9 heteroatoms. The molecule has 1 atom stereocenters. The zero-order valence-electron chi connectivity index (χ0n) is 22.3. The smallest absolute Gasteiger partial charge is 0.338 e. The average molecular weight is 536 g/mol. The fourth-order valence-electron chi connectivity index (χ4n) is 4.32. The minimum atomic E-state index is -0.630. The van der Waals surface area contributed by atoms with Gasteiger partial charge in [0, 0.05) is 17.8 Å². The number of ether oxygens (including phenoxy) is 3. The lowest BCUT2D eigenvalue weighted by molar-refractivity contribution is -0.141. The second-order valence-electron chi connectivity index (χ2n) is 9.44. The van der Waals surface area contributed by atoms with Crippen LogP contribution in [0.15, 0.2) is 75.9 Å². The lowest BCUT2D eigenvalue weighted by Crippen LogP contribution is -2.38. The molecule has 0 aromatic heterocycles. The van der Waals surface area contributed by atoms with E-state index >= 15 is 0 Å². The van der Waals surface area contributed by atoms with Gasteiger partial charge in [-0.25, -0.2) is 9.79 Å². The van der Waals surface area contributed by atoms with Gasteiger partial charge in [0.15, 0.2) is 5.17 Å². The molecule has 8 nitrogen and oxygen atoms in total. The van der Waals surface area contributed by atoms with Crippen molar-refractivity contribution in [1.82, 2.24) is 10.2 Å². The number of carbonyl (C=O) groups excluding carboxylic acids is 2. The predicted molar refractivity (Wildman–Crippen MR) is 149 cm³/mol. The SMILES string of the molecule is COc1ccc(OC)c(C2C(C(=O)OCc3ccccc3)=C(C)N=C3SC=C(CC(=O)NCC(C)C)N32)c1. The summed E-state index contributed by atoms with van der Waals surface area (Å²) in [5, 5.41) is 5.58. The van der Waals surface area contributed by atoms with E-state index in [4.69, 9.17) is 19.2 Å². The number of aliphatic imine (C=N–C) groups is 1. The number of fused-ring (bicyclic) bond motifs is 1. The first-order chi connectivity index (χ1) is 18.3. The van der Waals surface area contributed by atoms with E-state index in [0.29, 0.717) is 46.0 Å². The van der Waals surface area contributed by atoms with E-state index in [-0.39, 0.29) is 18.9 Å². The Morgan fingerprint density at radius 2 is 1.87 bits per heavy atom. The molecule has 0 radical (unpaired) electrons. The molecule has 2 heterocycles. The average Bonchev–Trinajstić information content (AvgIpc) is 3.31. The first kappa shape index (κ1) is 27.3. The van der Waals surface area contributed by atoms with Gasteiger partial charge in [-0.3, -0.25) is 4.79 Å². The molecule has 0 saturated carbocycles. The number of methoxy groups -OCH3 is 2. The summed E-state index contributed by atoms with van der Waals surface area (Å²) in [5.74, 6) is 0.959. The number of rotatable bonds is 10. The van der Waals surface area contributed by atoms with Crippen LogP contribution in [0.4, 0.5) is 0 Å². The van der Waals surface area contributed by atoms with Crippen LogP contribution in [0.5, 0.6) is 11.5 Å². The monoisotopic (exact) mass is 535 g/mol. The molecule has 200 valence electrons. The van der Waals surface area contributed by atoms with Crippen molar-refractivity contribution in [2.75, 3.05) is 20.8 Å². The van der Waals surface area contributed by atoms with Gasteiger partial charge in [0.1, 0.15) is 18.1 Å². The van der Waals surface area contributed by atoms with Crippen LogP contribution in [0.2, 0.25) is 0 Å². The molecule has 4 rings (SSSR count). The lowest BCUT2D eigenvalue weighted by Gasteiger charge is -2.37. The van der Waals surface area contributed by atoms with Crippen molar-refractivity contribution in [3.8, 4) is 11.5 Å². The molecule has 0 spiro atoms. The van der Waals surface area contributed by atoms with E-state index in [9.17, 15) is 9.59 Å². The van der Waals surface area contributed by atoms with Crippen LogP contribution in [-0.2, 0) is 20.9 Å². The number of hydrogen-bond acceptors (Lipinski definition) is 8. The molecule has 1 unspecified atom stereocenters. The van der Waals surface area contributed by atoms with Gasteiger partial charge in [-0.05, 0) is 42.0 Å². The van der Waals surface area contributed by atoms with Crippen molar-refractivity contribution in [2.24, 2.45) is 10.9 Å². The summed E-state index contributed by atoms with van der Waals surface area (Å²) in [5.41, 5.74) is 3.27. The van der Waals surface area contributed by atoms with Crippen molar-refractivity contribution >= 4 is 28.8 Å². The standard InChI is InChI=1S/C29H33N3O5S/c1-18(2)15-30-25(33)13-21-17-38-29-31-19(3)26(28(34)37-16-20-9-7-6-8-10-20)27(32(21)29)23-14-22(35-4)11-12-24(23)36-5/h6-12,14,17-18,27H,13,15-16H2,1-5H3,(H,30,33). The highest BCUT2D eigenvalue weighted by molar-refractivity contribution is 8.16. The second-order valence-corrected chi connectivity index (χ2v) is 10.3. The van der Waals surface area contributed by atoms with E-state index in [1.807, 2.05) is 66.6 Å². The molecule has 2 aliphatic heterocycles. The summed E-state index contributed by atoms with van der Waals surface area (Å²) in [6.07, 6.45) is 0.146. The van der Waals surface area contributed by atoms with Crippen molar-refractivity contribution in [2.45, 2.75) is 39.8 Å². The van der Waals surface area contributed by atoms with E-state index < -0.39 is 12.0 Å². The molecule has 2 aromatic rings. The summed E-state index contributed by atoms with van der Waals surface area (Å²) in [7, 11) is 3.17. The first-order valence-corrected chi connectivity index (χ1v) is 13.3.